The molecular weight excluding hydrogens is 388 g/mol. The fourth-order valence-electron chi connectivity index (χ4n) is 2.83. The standard InChI is InChI=1S/C19H17F2N3O3S/c20-16-4-5-19(18(21)11-16)28(25,26)24-8-6-17(7-9-24)23-27-13-15-3-1-2-14(10-15)12-22/h1-5,10-11H,6-9,13H2. The summed E-state index contributed by atoms with van der Waals surface area (Å²) in [6, 6.07) is 11.4. The van der Waals surface area contributed by atoms with Crippen molar-refractivity contribution in [1.29, 1.82) is 5.26 Å². The molecule has 1 aliphatic rings. The molecule has 146 valence electrons. The average molecular weight is 405 g/mol. The van der Waals surface area contributed by atoms with Crippen molar-refractivity contribution < 1.29 is 22.0 Å². The van der Waals surface area contributed by atoms with Gasteiger partial charge in [-0.15, -0.1) is 0 Å². The minimum atomic E-state index is -4.04. The summed E-state index contributed by atoms with van der Waals surface area (Å²) in [7, 11) is -4.04. The van der Waals surface area contributed by atoms with E-state index in [1.165, 1.54) is 0 Å². The summed E-state index contributed by atoms with van der Waals surface area (Å²) in [5, 5.41) is 12.9. The number of nitrogens with zero attached hydrogens (tertiary/aromatic N) is 3. The van der Waals surface area contributed by atoms with Crippen LogP contribution in [0.4, 0.5) is 8.78 Å². The third kappa shape index (κ3) is 4.52. The summed E-state index contributed by atoms with van der Waals surface area (Å²) in [5.74, 6) is -1.94. The Bertz CT molecular complexity index is 1040. The molecule has 0 N–H and O–H groups in total. The SMILES string of the molecule is N#Cc1cccc(CON=C2CCN(S(=O)(=O)c3ccc(F)cc3F)CC2)c1. The summed E-state index contributed by atoms with van der Waals surface area (Å²) in [6.45, 7) is 0.457. The zero-order valence-electron chi connectivity index (χ0n) is 14.8. The molecule has 1 aliphatic heterocycles. The van der Waals surface area contributed by atoms with Gasteiger partial charge in [0.1, 0.15) is 23.1 Å². The van der Waals surface area contributed by atoms with Gasteiger partial charge in [-0.3, -0.25) is 0 Å². The monoisotopic (exact) mass is 405 g/mol. The van der Waals surface area contributed by atoms with Gasteiger partial charge in [0.05, 0.1) is 17.3 Å². The molecule has 0 spiro atoms. The number of oxime groups is 1. The van der Waals surface area contributed by atoms with E-state index in [9.17, 15) is 17.2 Å². The lowest BCUT2D eigenvalue weighted by Crippen LogP contribution is -2.39. The van der Waals surface area contributed by atoms with E-state index in [1.807, 2.05) is 12.1 Å². The van der Waals surface area contributed by atoms with Crippen molar-refractivity contribution >= 4 is 15.7 Å². The fraction of sp³-hybridized carbons (Fsp3) is 0.263. The first-order valence-corrected chi connectivity index (χ1v) is 9.96. The van der Waals surface area contributed by atoms with Gasteiger partial charge in [-0.05, 0) is 29.8 Å². The van der Waals surface area contributed by atoms with Crippen LogP contribution in [0.3, 0.4) is 0 Å². The normalized spacial score (nSPS) is 15.1. The molecule has 3 rings (SSSR count). The molecule has 1 fully saturated rings. The van der Waals surface area contributed by atoms with E-state index in [1.54, 1.807) is 18.2 Å². The maximum absolute atomic E-state index is 13.8. The third-order valence-electron chi connectivity index (χ3n) is 4.29. The van der Waals surface area contributed by atoms with Crippen LogP contribution in [0.5, 0.6) is 0 Å². The Morgan fingerprint density at radius 2 is 1.89 bits per heavy atom. The Labute approximate surface area is 161 Å². The zero-order valence-corrected chi connectivity index (χ0v) is 15.6. The second-order valence-corrected chi connectivity index (χ2v) is 8.13. The van der Waals surface area contributed by atoms with E-state index in [0.29, 0.717) is 30.2 Å². The lowest BCUT2D eigenvalue weighted by atomic mass is 10.1. The van der Waals surface area contributed by atoms with Gasteiger partial charge >= 0.3 is 0 Å². The summed E-state index contributed by atoms with van der Waals surface area (Å²) < 4.78 is 53.1. The van der Waals surface area contributed by atoms with Crippen LogP contribution >= 0.6 is 0 Å². The first-order chi connectivity index (χ1) is 13.4. The van der Waals surface area contributed by atoms with Crippen LogP contribution in [-0.2, 0) is 21.5 Å². The molecule has 0 aliphatic carbocycles. The largest absolute Gasteiger partial charge is 0.391 e. The molecule has 6 nitrogen and oxygen atoms in total. The Kier molecular flexibility index (Phi) is 6.02. The Balaban J connectivity index is 1.59. The Hall–Kier alpha value is -2.83. The van der Waals surface area contributed by atoms with Crippen LogP contribution in [0.1, 0.15) is 24.0 Å². The minimum absolute atomic E-state index is 0.130. The van der Waals surface area contributed by atoms with Gasteiger partial charge in [-0.25, -0.2) is 17.2 Å². The van der Waals surface area contributed by atoms with Gasteiger partial charge in [0, 0.05) is 32.0 Å². The maximum Gasteiger partial charge on any atom is 0.246 e. The van der Waals surface area contributed by atoms with Gasteiger partial charge in [0.15, 0.2) is 0 Å². The summed E-state index contributed by atoms with van der Waals surface area (Å²) in [5.41, 5.74) is 2.03. The summed E-state index contributed by atoms with van der Waals surface area (Å²) in [4.78, 5) is 4.77. The zero-order chi connectivity index (χ0) is 20.1. The molecule has 28 heavy (non-hydrogen) atoms. The van der Waals surface area contributed by atoms with Gasteiger partial charge in [-0.2, -0.15) is 9.57 Å². The molecule has 0 radical (unpaired) electrons. The van der Waals surface area contributed by atoms with Gasteiger partial charge < -0.3 is 4.84 Å². The van der Waals surface area contributed by atoms with E-state index < -0.39 is 26.6 Å². The Morgan fingerprint density at radius 3 is 2.57 bits per heavy atom. The molecule has 0 unspecified atom stereocenters. The number of halogens is 2. The van der Waals surface area contributed by atoms with Crippen molar-refractivity contribution in [1.82, 2.24) is 4.31 Å². The number of hydrogen-bond donors (Lipinski definition) is 0. The highest BCUT2D eigenvalue weighted by molar-refractivity contribution is 7.89. The van der Waals surface area contributed by atoms with Crippen molar-refractivity contribution in [2.75, 3.05) is 13.1 Å². The van der Waals surface area contributed by atoms with Crippen molar-refractivity contribution in [3.05, 3.63) is 65.2 Å². The van der Waals surface area contributed by atoms with Crippen LogP contribution in [0, 0.1) is 23.0 Å². The molecule has 0 amide bonds. The smallest absolute Gasteiger partial charge is 0.246 e. The van der Waals surface area contributed by atoms with Crippen molar-refractivity contribution in [3.63, 3.8) is 0 Å². The first-order valence-electron chi connectivity index (χ1n) is 8.52. The average Bonchev–Trinajstić information content (AvgIpc) is 2.68. The highest BCUT2D eigenvalue weighted by atomic mass is 32.2. The van der Waals surface area contributed by atoms with E-state index in [-0.39, 0.29) is 19.7 Å². The minimum Gasteiger partial charge on any atom is -0.391 e. The van der Waals surface area contributed by atoms with Crippen LogP contribution in [0.2, 0.25) is 0 Å². The summed E-state index contributed by atoms with van der Waals surface area (Å²) >= 11 is 0. The lowest BCUT2D eigenvalue weighted by molar-refractivity contribution is 0.128. The van der Waals surface area contributed by atoms with E-state index >= 15 is 0 Å². The van der Waals surface area contributed by atoms with Crippen LogP contribution in [0.25, 0.3) is 0 Å². The number of nitriles is 1. The Morgan fingerprint density at radius 1 is 1.14 bits per heavy atom. The van der Waals surface area contributed by atoms with Crippen LogP contribution in [0.15, 0.2) is 52.5 Å². The van der Waals surface area contributed by atoms with E-state index in [2.05, 4.69) is 5.16 Å². The van der Waals surface area contributed by atoms with E-state index in [4.69, 9.17) is 10.1 Å². The van der Waals surface area contributed by atoms with Gasteiger partial charge in [-0.1, -0.05) is 17.3 Å². The lowest BCUT2D eigenvalue weighted by Gasteiger charge is -2.26. The third-order valence-corrected chi connectivity index (χ3v) is 6.22. The molecular formula is C19H17F2N3O3S. The van der Waals surface area contributed by atoms with Gasteiger partial charge in [0.2, 0.25) is 10.0 Å². The molecule has 0 aromatic heterocycles. The number of piperidine rings is 1. The molecule has 1 saturated heterocycles. The predicted octanol–water partition coefficient (Wildman–Crippen LogP) is 3.19. The van der Waals surface area contributed by atoms with E-state index in [0.717, 1.165) is 22.0 Å². The quantitative estimate of drug-likeness (QED) is 0.716. The second-order valence-electron chi connectivity index (χ2n) is 6.22. The maximum atomic E-state index is 13.8. The van der Waals surface area contributed by atoms with Crippen LogP contribution < -0.4 is 0 Å². The highest BCUT2D eigenvalue weighted by Crippen LogP contribution is 2.23. The molecule has 0 saturated carbocycles. The van der Waals surface area contributed by atoms with Crippen LogP contribution in [-0.4, -0.2) is 31.5 Å². The number of rotatable bonds is 5. The second kappa shape index (κ2) is 8.46. The molecule has 0 atom stereocenters. The number of benzene rings is 2. The summed E-state index contributed by atoms with van der Waals surface area (Å²) in [6.07, 6.45) is 0.695. The van der Waals surface area contributed by atoms with Crippen molar-refractivity contribution in [3.8, 4) is 6.07 Å². The fourth-order valence-corrected chi connectivity index (χ4v) is 4.32. The predicted molar refractivity (Wildman–Crippen MR) is 97.7 cm³/mol. The topological polar surface area (TPSA) is 82.8 Å². The van der Waals surface area contributed by atoms with Crippen molar-refractivity contribution in [2.24, 2.45) is 5.16 Å². The number of hydrogen-bond acceptors (Lipinski definition) is 5. The first kappa shape index (κ1) is 19.9. The molecule has 0 bridgehead atoms. The van der Waals surface area contributed by atoms with Gasteiger partial charge in [0.25, 0.3) is 0 Å². The molecule has 2 aromatic carbocycles. The molecule has 1 heterocycles. The highest BCUT2D eigenvalue weighted by Gasteiger charge is 2.30. The molecule has 2 aromatic rings. The molecule has 9 heteroatoms. The number of sulfonamides is 1. The van der Waals surface area contributed by atoms with Crippen molar-refractivity contribution in [2.45, 2.75) is 24.3 Å².